The van der Waals surface area contributed by atoms with Crippen molar-refractivity contribution in [3.8, 4) is 17.3 Å². The molecule has 198 valence electrons. The normalized spacial score (nSPS) is 15.2. The number of aryl methyl sites for hydroxylation is 2. The van der Waals surface area contributed by atoms with E-state index in [9.17, 15) is 28.2 Å². The van der Waals surface area contributed by atoms with Crippen LogP contribution in [0, 0.1) is 13.8 Å². The molecular formula is C27H19F3N4O3S2. The lowest BCUT2D eigenvalue weighted by atomic mass is 10.1. The van der Waals surface area contributed by atoms with E-state index < -0.39 is 17.6 Å². The zero-order chi connectivity index (χ0) is 28.1. The second-order valence-corrected chi connectivity index (χ2v) is 10.5. The van der Waals surface area contributed by atoms with Crippen LogP contribution in [-0.4, -0.2) is 25.0 Å². The number of hydrogen-bond acceptors (Lipinski definition) is 7. The van der Waals surface area contributed by atoms with Gasteiger partial charge in [-0.2, -0.15) is 13.2 Å². The summed E-state index contributed by atoms with van der Waals surface area (Å²) in [5.74, 6) is -0.995. The van der Waals surface area contributed by atoms with Crippen LogP contribution in [0.25, 0.3) is 22.7 Å². The average Bonchev–Trinajstić information content (AvgIpc) is 3.33. The standard InChI is InChI=1S/C27H19F3N4O3S2/c1-13-3-6-17(9-14(13)2)34-20-12-16(27(28,29)30)5-7-18(20)23(25(34)37)33-32-19-8-4-15(10-21(19)35)11-22-24(36)31-26(38)39-22/h3-12,35,37H,1-2H3,(H,31,36,38)/b22-11+,33-32?. The third-order valence-electron chi connectivity index (χ3n) is 6.19. The van der Waals surface area contributed by atoms with Crippen molar-refractivity contribution >= 4 is 62.6 Å². The summed E-state index contributed by atoms with van der Waals surface area (Å²) in [5.41, 5.74) is 2.05. The Balaban J connectivity index is 1.58. The number of benzene rings is 3. The van der Waals surface area contributed by atoms with Gasteiger partial charge in [0.2, 0.25) is 5.88 Å². The molecular weight excluding hydrogens is 549 g/mol. The molecule has 0 aliphatic carbocycles. The van der Waals surface area contributed by atoms with Crippen molar-refractivity contribution in [2.24, 2.45) is 10.2 Å². The van der Waals surface area contributed by atoms with Gasteiger partial charge in [-0.1, -0.05) is 36.1 Å². The van der Waals surface area contributed by atoms with E-state index in [-0.39, 0.29) is 33.9 Å². The maximum atomic E-state index is 13.5. The zero-order valence-corrected chi connectivity index (χ0v) is 22.0. The smallest absolute Gasteiger partial charge is 0.416 e. The Bertz CT molecular complexity index is 1740. The first kappa shape index (κ1) is 26.4. The Morgan fingerprint density at radius 2 is 1.77 bits per heavy atom. The Hall–Kier alpha value is -4.16. The van der Waals surface area contributed by atoms with Crippen molar-refractivity contribution in [1.29, 1.82) is 0 Å². The number of rotatable bonds is 4. The summed E-state index contributed by atoms with van der Waals surface area (Å²) in [6.07, 6.45) is -3.03. The molecule has 1 aliphatic rings. The molecule has 1 aromatic heterocycles. The lowest BCUT2D eigenvalue weighted by Gasteiger charge is -2.11. The van der Waals surface area contributed by atoms with Gasteiger partial charge >= 0.3 is 6.18 Å². The summed E-state index contributed by atoms with van der Waals surface area (Å²) in [6, 6.07) is 12.8. The van der Waals surface area contributed by atoms with Gasteiger partial charge in [-0.15, -0.1) is 10.2 Å². The summed E-state index contributed by atoms with van der Waals surface area (Å²) in [4.78, 5) is 12.3. The van der Waals surface area contributed by atoms with Crippen LogP contribution in [0.4, 0.5) is 24.5 Å². The van der Waals surface area contributed by atoms with Gasteiger partial charge in [0, 0.05) is 11.1 Å². The van der Waals surface area contributed by atoms with Crippen LogP contribution in [0.15, 0.2) is 69.7 Å². The molecule has 5 rings (SSSR count). The number of phenolic OH excluding ortho intramolecular Hbond substituents is 1. The molecule has 4 aromatic rings. The van der Waals surface area contributed by atoms with Crippen LogP contribution in [0.2, 0.25) is 0 Å². The number of halogens is 3. The van der Waals surface area contributed by atoms with Crippen molar-refractivity contribution in [2.75, 3.05) is 0 Å². The van der Waals surface area contributed by atoms with E-state index in [2.05, 4.69) is 15.5 Å². The molecule has 0 unspecified atom stereocenters. The third kappa shape index (κ3) is 5.12. The van der Waals surface area contributed by atoms with E-state index >= 15 is 0 Å². The highest BCUT2D eigenvalue weighted by Gasteiger charge is 2.32. The quantitative estimate of drug-likeness (QED) is 0.134. The number of carbonyl (C=O) groups is 1. The first-order valence-electron chi connectivity index (χ1n) is 11.4. The fourth-order valence-electron chi connectivity index (χ4n) is 4.05. The van der Waals surface area contributed by atoms with Crippen molar-refractivity contribution < 1.29 is 28.2 Å². The lowest BCUT2D eigenvalue weighted by Crippen LogP contribution is -2.17. The predicted molar refractivity (Wildman–Crippen MR) is 148 cm³/mol. The van der Waals surface area contributed by atoms with Crippen LogP contribution in [-0.2, 0) is 11.0 Å². The second-order valence-electron chi connectivity index (χ2n) is 8.81. The molecule has 12 heteroatoms. The largest absolute Gasteiger partial charge is 0.506 e. The first-order valence-corrected chi connectivity index (χ1v) is 12.7. The number of nitrogens with zero attached hydrogens (tertiary/aromatic N) is 3. The number of phenols is 1. The number of aromatic nitrogens is 1. The zero-order valence-electron chi connectivity index (χ0n) is 20.4. The molecule has 0 bridgehead atoms. The molecule has 0 radical (unpaired) electrons. The predicted octanol–water partition coefficient (Wildman–Crippen LogP) is 7.58. The molecule has 0 atom stereocenters. The van der Waals surface area contributed by atoms with Gasteiger partial charge in [-0.3, -0.25) is 9.36 Å². The van der Waals surface area contributed by atoms with Gasteiger partial charge in [0.15, 0.2) is 5.69 Å². The van der Waals surface area contributed by atoms with Gasteiger partial charge in [0.25, 0.3) is 5.91 Å². The number of aromatic hydroxyl groups is 2. The van der Waals surface area contributed by atoms with E-state index in [4.69, 9.17) is 12.2 Å². The molecule has 1 fully saturated rings. The Labute approximate surface area is 229 Å². The Kier molecular flexibility index (Phi) is 6.69. The van der Waals surface area contributed by atoms with Crippen molar-refractivity contribution in [3.05, 3.63) is 81.8 Å². The molecule has 2 heterocycles. The maximum absolute atomic E-state index is 13.5. The molecule has 0 spiro atoms. The van der Waals surface area contributed by atoms with E-state index in [1.165, 1.54) is 22.8 Å². The number of fused-ring (bicyclic) bond motifs is 1. The first-order chi connectivity index (χ1) is 18.4. The molecule has 1 amide bonds. The van der Waals surface area contributed by atoms with Crippen LogP contribution in [0.3, 0.4) is 0 Å². The van der Waals surface area contributed by atoms with E-state index in [1.807, 2.05) is 13.8 Å². The maximum Gasteiger partial charge on any atom is 0.416 e. The highest BCUT2D eigenvalue weighted by atomic mass is 32.2. The number of azo groups is 1. The van der Waals surface area contributed by atoms with Crippen molar-refractivity contribution in [2.45, 2.75) is 20.0 Å². The molecule has 3 N–H and O–H groups in total. The van der Waals surface area contributed by atoms with Crippen LogP contribution in [0.5, 0.6) is 11.6 Å². The van der Waals surface area contributed by atoms with Gasteiger partial charge in [0.05, 0.1) is 16.0 Å². The number of alkyl halides is 3. The minimum Gasteiger partial charge on any atom is -0.506 e. The number of hydrogen-bond donors (Lipinski definition) is 3. The summed E-state index contributed by atoms with van der Waals surface area (Å²) in [6.45, 7) is 3.76. The van der Waals surface area contributed by atoms with Gasteiger partial charge in [0.1, 0.15) is 15.8 Å². The van der Waals surface area contributed by atoms with Gasteiger partial charge < -0.3 is 15.5 Å². The monoisotopic (exact) mass is 568 g/mol. The number of nitrogens with one attached hydrogen (secondary N) is 1. The molecule has 0 saturated carbocycles. The van der Waals surface area contributed by atoms with E-state index in [0.717, 1.165) is 35.0 Å². The highest BCUT2D eigenvalue weighted by molar-refractivity contribution is 8.26. The minimum absolute atomic E-state index is 0.0505. The lowest BCUT2D eigenvalue weighted by molar-refractivity contribution is -0.137. The van der Waals surface area contributed by atoms with Crippen LogP contribution < -0.4 is 5.32 Å². The summed E-state index contributed by atoms with van der Waals surface area (Å²) >= 11 is 6.07. The van der Waals surface area contributed by atoms with Crippen molar-refractivity contribution in [1.82, 2.24) is 9.88 Å². The van der Waals surface area contributed by atoms with E-state index in [0.29, 0.717) is 20.5 Å². The van der Waals surface area contributed by atoms with Crippen molar-refractivity contribution in [3.63, 3.8) is 0 Å². The summed E-state index contributed by atoms with van der Waals surface area (Å²) in [7, 11) is 0. The number of amides is 1. The minimum atomic E-state index is -4.59. The molecule has 39 heavy (non-hydrogen) atoms. The summed E-state index contributed by atoms with van der Waals surface area (Å²) < 4.78 is 42.2. The summed E-state index contributed by atoms with van der Waals surface area (Å²) in [5, 5.41) is 32.5. The average molecular weight is 569 g/mol. The number of thioether (sulfide) groups is 1. The molecule has 7 nitrogen and oxygen atoms in total. The number of carbonyl (C=O) groups excluding carboxylic acids is 1. The third-order valence-corrected chi connectivity index (χ3v) is 7.35. The number of thiocarbonyl (C=S) groups is 1. The Morgan fingerprint density at radius 1 is 1.00 bits per heavy atom. The molecule has 1 aliphatic heterocycles. The molecule has 3 aromatic carbocycles. The SMILES string of the molecule is Cc1ccc(-n2c(O)c(N=Nc3ccc(/C=C4/SC(=S)NC4=O)cc3O)c3ccc(C(F)(F)F)cc32)cc1C. The topological polar surface area (TPSA) is 99.2 Å². The van der Waals surface area contributed by atoms with Gasteiger partial charge in [-0.05, 0) is 79.1 Å². The fourth-order valence-corrected chi connectivity index (χ4v) is 5.09. The fraction of sp³-hybridized carbons (Fsp3) is 0.111. The van der Waals surface area contributed by atoms with Crippen LogP contribution >= 0.6 is 24.0 Å². The van der Waals surface area contributed by atoms with Crippen LogP contribution in [0.1, 0.15) is 22.3 Å². The second kappa shape index (κ2) is 9.86. The Morgan fingerprint density at radius 3 is 2.41 bits per heavy atom. The molecule has 1 saturated heterocycles. The highest BCUT2D eigenvalue weighted by Crippen LogP contribution is 2.44. The van der Waals surface area contributed by atoms with Gasteiger partial charge in [-0.25, -0.2) is 0 Å². The van der Waals surface area contributed by atoms with E-state index in [1.54, 1.807) is 30.3 Å².